The van der Waals surface area contributed by atoms with Gasteiger partial charge in [0, 0.05) is 19.7 Å². The largest absolute Gasteiger partial charge is 0.442 e. The number of carbonyl (C=O) groups is 2. The summed E-state index contributed by atoms with van der Waals surface area (Å²) in [5.41, 5.74) is 3.59. The maximum absolute atomic E-state index is 15.3. The number of allylic oxidation sites excluding steroid dienone is 2. The minimum absolute atomic E-state index is 0.200. The van der Waals surface area contributed by atoms with Crippen molar-refractivity contribution in [2.45, 2.75) is 26.4 Å². The van der Waals surface area contributed by atoms with Crippen LogP contribution in [0.3, 0.4) is 0 Å². The van der Waals surface area contributed by atoms with E-state index in [1.54, 1.807) is 18.3 Å². The first-order valence-corrected chi connectivity index (χ1v) is 10.5. The van der Waals surface area contributed by atoms with Crippen molar-refractivity contribution in [3.63, 3.8) is 0 Å². The average Bonchev–Trinajstić information content (AvgIpc) is 3.04. The Hall–Kier alpha value is -3.68. The number of halogens is 1. The number of amides is 2. The van der Waals surface area contributed by atoms with E-state index in [4.69, 9.17) is 4.74 Å². The Bertz CT molecular complexity index is 1080. The Balaban J connectivity index is 1.59. The molecule has 1 fully saturated rings. The molecule has 1 atom stereocenters. The zero-order valence-corrected chi connectivity index (χ0v) is 18.0. The quantitative estimate of drug-likeness (QED) is 0.770. The van der Waals surface area contributed by atoms with E-state index >= 15 is 4.39 Å². The van der Waals surface area contributed by atoms with Crippen molar-refractivity contribution in [2.24, 2.45) is 0 Å². The van der Waals surface area contributed by atoms with Gasteiger partial charge in [-0.2, -0.15) is 0 Å². The first-order chi connectivity index (χ1) is 15.4. The number of pyridine rings is 1. The lowest BCUT2D eigenvalue weighted by Gasteiger charge is -2.27. The Morgan fingerprint density at radius 3 is 2.81 bits per heavy atom. The zero-order chi connectivity index (χ0) is 22.7. The highest BCUT2D eigenvalue weighted by molar-refractivity contribution is 5.90. The molecule has 1 aromatic carbocycles. The van der Waals surface area contributed by atoms with E-state index in [-0.39, 0.29) is 19.0 Å². The number of hydrogen-bond donors (Lipinski definition) is 1. The molecule has 2 aliphatic heterocycles. The third-order valence-corrected chi connectivity index (χ3v) is 5.46. The van der Waals surface area contributed by atoms with E-state index < -0.39 is 18.0 Å². The topological polar surface area (TPSA) is 74.8 Å². The van der Waals surface area contributed by atoms with E-state index in [9.17, 15) is 9.59 Å². The highest BCUT2D eigenvalue weighted by Gasteiger charge is 2.33. The van der Waals surface area contributed by atoms with Crippen LogP contribution in [-0.4, -0.2) is 42.7 Å². The summed E-state index contributed by atoms with van der Waals surface area (Å²) in [7, 11) is 0. The van der Waals surface area contributed by atoms with Crippen molar-refractivity contribution in [3.05, 3.63) is 71.8 Å². The van der Waals surface area contributed by atoms with Gasteiger partial charge in [-0.05, 0) is 49.8 Å². The molecule has 0 radical (unpaired) electrons. The van der Waals surface area contributed by atoms with Gasteiger partial charge in [0.05, 0.1) is 35.9 Å². The third-order valence-electron chi connectivity index (χ3n) is 5.46. The molecule has 2 aromatic rings. The number of hydrogen-bond acceptors (Lipinski definition) is 5. The molecule has 2 amide bonds. The maximum atomic E-state index is 15.3. The van der Waals surface area contributed by atoms with Crippen molar-refractivity contribution in [3.8, 4) is 0 Å². The van der Waals surface area contributed by atoms with Crippen molar-refractivity contribution >= 4 is 29.1 Å². The van der Waals surface area contributed by atoms with Gasteiger partial charge in [-0.1, -0.05) is 17.7 Å². The summed E-state index contributed by atoms with van der Waals surface area (Å²) in [5.74, 6) is -0.643. The number of cyclic esters (lactones) is 1. The van der Waals surface area contributed by atoms with Gasteiger partial charge in [-0.3, -0.25) is 14.7 Å². The Labute approximate surface area is 186 Å². The van der Waals surface area contributed by atoms with Crippen LogP contribution in [0.25, 0.3) is 5.70 Å². The lowest BCUT2D eigenvalue weighted by molar-refractivity contribution is -0.119. The molecule has 166 valence electrons. The maximum Gasteiger partial charge on any atom is 0.414 e. The summed E-state index contributed by atoms with van der Waals surface area (Å²) < 4.78 is 20.6. The fraction of sp³-hybridized carbons (Fsp3) is 0.292. The number of ether oxygens (including phenoxy) is 1. The van der Waals surface area contributed by atoms with Crippen LogP contribution in [0.5, 0.6) is 0 Å². The predicted molar refractivity (Wildman–Crippen MR) is 121 cm³/mol. The van der Waals surface area contributed by atoms with E-state index in [2.05, 4.69) is 10.3 Å². The summed E-state index contributed by atoms with van der Waals surface area (Å²) >= 11 is 0. The van der Waals surface area contributed by atoms with E-state index in [1.807, 2.05) is 42.2 Å². The molecule has 0 bridgehead atoms. The van der Waals surface area contributed by atoms with E-state index in [0.29, 0.717) is 17.9 Å². The molecule has 1 saturated heterocycles. The molecule has 8 heteroatoms. The molecule has 1 N–H and O–H groups in total. The van der Waals surface area contributed by atoms with Crippen molar-refractivity contribution in [1.82, 2.24) is 10.3 Å². The SMILES string of the molecule is CC(=O)NCC1CN(c2ccc(N3CCC(C)=CC=C3c3ccccn3)c(F)c2)C(=O)O1. The summed E-state index contributed by atoms with van der Waals surface area (Å²) in [6, 6.07) is 10.4. The second-order valence-corrected chi connectivity index (χ2v) is 7.87. The molecule has 32 heavy (non-hydrogen) atoms. The van der Waals surface area contributed by atoms with Crippen molar-refractivity contribution in [1.29, 1.82) is 0 Å². The van der Waals surface area contributed by atoms with Gasteiger partial charge in [-0.25, -0.2) is 9.18 Å². The summed E-state index contributed by atoms with van der Waals surface area (Å²) in [6.45, 7) is 4.51. The molecular formula is C24H25FN4O3. The number of nitrogens with one attached hydrogen (secondary N) is 1. The first kappa shape index (κ1) is 21.5. The molecule has 1 unspecified atom stereocenters. The predicted octanol–water partition coefficient (Wildman–Crippen LogP) is 3.88. The number of anilines is 2. The fourth-order valence-electron chi connectivity index (χ4n) is 3.77. The van der Waals surface area contributed by atoms with Crippen LogP contribution in [0.1, 0.15) is 26.0 Å². The van der Waals surface area contributed by atoms with Crippen molar-refractivity contribution in [2.75, 3.05) is 29.4 Å². The minimum Gasteiger partial charge on any atom is -0.442 e. The number of nitrogens with zero attached hydrogens (tertiary/aromatic N) is 3. The molecule has 1 aromatic heterocycles. The van der Waals surface area contributed by atoms with Gasteiger partial charge in [0.1, 0.15) is 11.9 Å². The van der Waals surface area contributed by atoms with Crippen LogP contribution in [0, 0.1) is 5.82 Å². The second-order valence-electron chi connectivity index (χ2n) is 7.87. The Kier molecular flexibility index (Phi) is 6.20. The lowest BCUT2D eigenvalue weighted by atomic mass is 10.1. The summed E-state index contributed by atoms with van der Waals surface area (Å²) in [6.07, 6.45) is 5.46. The standard InChI is InChI=1S/C24H25FN4O3/c1-16-6-8-23(21-5-3-4-11-26-21)28(12-10-16)22-9-7-18(13-20(22)25)29-15-19(32-24(29)31)14-27-17(2)30/h3-9,11,13,19H,10,12,14-15H2,1-2H3,(H,27,30). The number of aromatic nitrogens is 1. The molecule has 3 heterocycles. The fourth-order valence-corrected chi connectivity index (χ4v) is 3.77. The molecule has 7 nitrogen and oxygen atoms in total. The third kappa shape index (κ3) is 4.64. The molecular weight excluding hydrogens is 411 g/mol. The van der Waals surface area contributed by atoms with Crippen LogP contribution in [0.15, 0.2) is 60.3 Å². The lowest BCUT2D eigenvalue weighted by Crippen LogP contribution is -2.33. The normalized spacial score (nSPS) is 18.6. The van der Waals surface area contributed by atoms with Crippen molar-refractivity contribution < 1.29 is 18.7 Å². The van der Waals surface area contributed by atoms with Crippen LogP contribution in [-0.2, 0) is 9.53 Å². The van der Waals surface area contributed by atoms with Crippen LogP contribution < -0.4 is 15.1 Å². The Morgan fingerprint density at radius 1 is 1.25 bits per heavy atom. The zero-order valence-electron chi connectivity index (χ0n) is 18.0. The number of rotatable bonds is 5. The Morgan fingerprint density at radius 2 is 2.09 bits per heavy atom. The van der Waals surface area contributed by atoms with Gasteiger partial charge in [0.25, 0.3) is 0 Å². The van der Waals surface area contributed by atoms with Gasteiger partial charge < -0.3 is 15.0 Å². The smallest absolute Gasteiger partial charge is 0.414 e. The van der Waals surface area contributed by atoms with Crippen LogP contribution >= 0.6 is 0 Å². The first-order valence-electron chi connectivity index (χ1n) is 10.5. The molecule has 0 aliphatic carbocycles. The van der Waals surface area contributed by atoms with Gasteiger partial charge in [0.2, 0.25) is 5.91 Å². The summed E-state index contributed by atoms with van der Waals surface area (Å²) in [4.78, 5) is 31.1. The van der Waals surface area contributed by atoms with Crippen LogP contribution in [0.4, 0.5) is 20.6 Å². The van der Waals surface area contributed by atoms with E-state index in [0.717, 1.165) is 17.8 Å². The number of benzene rings is 1. The van der Waals surface area contributed by atoms with Gasteiger partial charge in [-0.15, -0.1) is 0 Å². The van der Waals surface area contributed by atoms with Crippen LogP contribution in [0.2, 0.25) is 0 Å². The summed E-state index contributed by atoms with van der Waals surface area (Å²) in [5, 5.41) is 2.63. The second kappa shape index (κ2) is 9.21. The number of carbonyl (C=O) groups excluding carboxylic acids is 2. The molecule has 0 saturated carbocycles. The molecule has 0 spiro atoms. The average molecular weight is 436 g/mol. The van der Waals surface area contributed by atoms with E-state index in [1.165, 1.54) is 23.5 Å². The van der Waals surface area contributed by atoms with Gasteiger partial charge in [0.15, 0.2) is 0 Å². The molecule has 2 aliphatic rings. The highest BCUT2D eigenvalue weighted by atomic mass is 19.1. The minimum atomic E-state index is -0.559. The highest BCUT2D eigenvalue weighted by Crippen LogP contribution is 2.33. The van der Waals surface area contributed by atoms with Gasteiger partial charge >= 0.3 is 6.09 Å². The monoisotopic (exact) mass is 436 g/mol. The molecule has 4 rings (SSSR count).